The van der Waals surface area contributed by atoms with Crippen molar-refractivity contribution in [3.8, 4) is 30.8 Å². The number of para-hydroxylation sites is 2. The summed E-state index contributed by atoms with van der Waals surface area (Å²) in [6.45, 7) is 0. The van der Waals surface area contributed by atoms with Gasteiger partial charge in [0.1, 0.15) is 0 Å². The highest BCUT2D eigenvalue weighted by Crippen LogP contribution is 2.46. The van der Waals surface area contributed by atoms with Crippen LogP contribution in [0.15, 0.2) is 83.7 Å². The molecule has 0 aliphatic carbocycles. The fourth-order valence-electron chi connectivity index (χ4n) is 3.62. The van der Waals surface area contributed by atoms with Gasteiger partial charge in [0.15, 0.2) is 0 Å². The van der Waals surface area contributed by atoms with Crippen molar-refractivity contribution < 1.29 is 0 Å². The van der Waals surface area contributed by atoms with Crippen LogP contribution in [0.25, 0.3) is 47.3 Å². The zero-order valence-electron chi connectivity index (χ0n) is 14.7. The van der Waals surface area contributed by atoms with Crippen molar-refractivity contribution >= 4 is 50.6 Å². The van der Waals surface area contributed by atoms with Gasteiger partial charge in [-0.3, -0.25) is 0 Å². The average Bonchev–Trinajstić information content (AvgIpc) is 3.53. The number of aromatic nitrogens is 2. The Bertz CT molecular complexity index is 1400. The van der Waals surface area contributed by atoms with E-state index in [1.807, 2.05) is 11.3 Å². The SMILES string of the molecule is c1csc(-c2cc(-c3nc4ccccc4n4cccc34)c(-c3cccs3)s2)c1. The zero-order valence-corrected chi connectivity index (χ0v) is 17.2. The van der Waals surface area contributed by atoms with E-state index in [1.165, 1.54) is 25.1 Å². The van der Waals surface area contributed by atoms with Gasteiger partial charge in [0.2, 0.25) is 0 Å². The van der Waals surface area contributed by atoms with E-state index in [0.29, 0.717) is 0 Å². The van der Waals surface area contributed by atoms with Gasteiger partial charge in [0.05, 0.1) is 27.1 Å². The highest BCUT2D eigenvalue weighted by Gasteiger charge is 2.19. The first-order chi connectivity index (χ1) is 13.9. The molecule has 2 nitrogen and oxygen atoms in total. The fraction of sp³-hybridized carbons (Fsp3) is 0. The Morgan fingerprint density at radius 3 is 2.32 bits per heavy atom. The molecule has 6 aromatic rings. The molecule has 0 radical (unpaired) electrons. The molecule has 28 heavy (non-hydrogen) atoms. The molecule has 0 atom stereocenters. The molecule has 134 valence electrons. The van der Waals surface area contributed by atoms with Gasteiger partial charge in [-0.15, -0.1) is 34.0 Å². The Kier molecular flexibility index (Phi) is 3.72. The molecule has 1 aromatic carbocycles. The van der Waals surface area contributed by atoms with Crippen LogP contribution in [0.3, 0.4) is 0 Å². The molecule has 0 saturated heterocycles. The highest BCUT2D eigenvalue weighted by atomic mass is 32.1. The van der Waals surface area contributed by atoms with Gasteiger partial charge < -0.3 is 4.40 Å². The second kappa shape index (κ2) is 6.41. The van der Waals surface area contributed by atoms with Crippen LogP contribution >= 0.6 is 34.0 Å². The van der Waals surface area contributed by atoms with Crippen molar-refractivity contribution in [2.75, 3.05) is 0 Å². The van der Waals surface area contributed by atoms with E-state index in [1.54, 1.807) is 22.7 Å². The molecule has 0 aliphatic heterocycles. The molecule has 5 heterocycles. The van der Waals surface area contributed by atoms with Gasteiger partial charge in [0, 0.05) is 26.4 Å². The number of rotatable bonds is 3. The summed E-state index contributed by atoms with van der Waals surface area (Å²) in [6.07, 6.45) is 2.13. The summed E-state index contributed by atoms with van der Waals surface area (Å²) < 4.78 is 2.25. The molecule has 0 bridgehead atoms. The molecule has 5 heteroatoms. The molecule has 5 aromatic heterocycles. The maximum absolute atomic E-state index is 5.10. The predicted molar refractivity (Wildman–Crippen MR) is 123 cm³/mol. The van der Waals surface area contributed by atoms with Crippen molar-refractivity contribution in [2.45, 2.75) is 0 Å². The van der Waals surface area contributed by atoms with E-state index in [4.69, 9.17) is 4.98 Å². The third kappa shape index (κ3) is 2.48. The van der Waals surface area contributed by atoms with Gasteiger partial charge in [-0.1, -0.05) is 24.3 Å². The largest absolute Gasteiger partial charge is 0.313 e. The van der Waals surface area contributed by atoms with Crippen LogP contribution in [0.2, 0.25) is 0 Å². The van der Waals surface area contributed by atoms with Crippen LogP contribution < -0.4 is 0 Å². The first kappa shape index (κ1) is 16.2. The summed E-state index contributed by atoms with van der Waals surface area (Å²) in [5.74, 6) is 0. The van der Waals surface area contributed by atoms with E-state index >= 15 is 0 Å². The quantitative estimate of drug-likeness (QED) is 0.290. The lowest BCUT2D eigenvalue weighted by Gasteiger charge is -2.09. The van der Waals surface area contributed by atoms with Crippen molar-refractivity contribution in [2.24, 2.45) is 0 Å². The summed E-state index contributed by atoms with van der Waals surface area (Å²) in [5.41, 5.74) is 5.56. The van der Waals surface area contributed by atoms with E-state index in [0.717, 1.165) is 22.2 Å². The smallest absolute Gasteiger partial charge is 0.0965 e. The number of fused-ring (bicyclic) bond motifs is 3. The van der Waals surface area contributed by atoms with Gasteiger partial charge in [-0.25, -0.2) is 4.98 Å². The van der Waals surface area contributed by atoms with Crippen molar-refractivity contribution in [3.05, 3.63) is 83.7 Å². The third-order valence-electron chi connectivity index (χ3n) is 4.86. The van der Waals surface area contributed by atoms with Gasteiger partial charge in [-0.2, -0.15) is 0 Å². The van der Waals surface area contributed by atoms with Gasteiger partial charge in [-0.05, 0) is 53.2 Å². The summed E-state index contributed by atoms with van der Waals surface area (Å²) in [5, 5.41) is 4.28. The maximum atomic E-state index is 5.10. The van der Waals surface area contributed by atoms with Crippen molar-refractivity contribution in [1.29, 1.82) is 0 Å². The summed E-state index contributed by atoms with van der Waals surface area (Å²) in [4.78, 5) is 10.3. The minimum Gasteiger partial charge on any atom is -0.313 e. The maximum Gasteiger partial charge on any atom is 0.0965 e. The number of nitrogens with zero attached hydrogens (tertiary/aromatic N) is 2. The van der Waals surface area contributed by atoms with Gasteiger partial charge in [0.25, 0.3) is 0 Å². The van der Waals surface area contributed by atoms with E-state index in [9.17, 15) is 0 Å². The lowest BCUT2D eigenvalue weighted by atomic mass is 10.1. The number of thiophene rings is 3. The monoisotopic (exact) mass is 414 g/mol. The predicted octanol–water partition coefficient (Wildman–Crippen LogP) is 7.67. The minimum absolute atomic E-state index is 1.02. The van der Waals surface area contributed by atoms with E-state index in [2.05, 4.69) is 88.1 Å². The highest BCUT2D eigenvalue weighted by molar-refractivity contribution is 7.26. The Labute approximate surface area is 174 Å². The normalized spacial score (nSPS) is 11.6. The van der Waals surface area contributed by atoms with Crippen molar-refractivity contribution in [3.63, 3.8) is 0 Å². The lowest BCUT2D eigenvalue weighted by molar-refractivity contribution is 1.23. The Morgan fingerprint density at radius 2 is 1.50 bits per heavy atom. The molecule has 6 rings (SSSR count). The molecular weight excluding hydrogens is 400 g/mol. The number of hydrogen-bond acceptors (Lipinski definition) is 4. The van der Waals surface area contributed by atoms with Crippen LogP contribution in [0.1, 0.15) is 0 Å². The Morgan fingerprint density at radius 1 is 0.714 bits per heavy atom. The fourth-order valence-corrected chi connectivity index (χ4v) is 6.47. The number of benzene rings is 1. The molecule has 0 amide bonds. The van der Waals surface area contributed by atoms with Crippen LogP contribution in [-0.4, -0.2) is 9.38 Å². The molecule has 0 fully saturated rings. The van der Waals surface area contributed by atoms with Crippen LogP contribution in [0.5, 0.6) is 0 Å². The molecule has 0 unspecified atom stereocenters. The Balaban J connectivity index is 1.69. The third-order valence-corrected chi connectivity index (χ3v) is 8.11. The van der Waals surface area contributed by atoms with Crippen LogP contribution in [0.4, 0.5) is 0 Å². The zero-order chi connectivity index (χ0) is 18.5. The molecular formula is C23H14N2S3. The summed E-state index contributed by atoms with van der Waals surface area (Å²) >= 11 is 5.43. The first-order valence-electron chi connectivity index (χ1n) is 8.96. The van der Waals surface area contributed by atoms with Gasteiger partial charge >= 0.3 is 0 Å². The minimum atomic E-state index is 1.02. The molecule has 0 spiro atoms. The van der Waals surface area contributed by atoms with Crippen LogP contribution in [0, 0.1) is 0 Å². The summed E-state index contributed by atoms with van der Waals surface area (Å²) in [7, 11) is 0. The first-order valence-corrected chi connectivity index (χ1v) is 11.5. The van der Waals surface area contributed by atoms with E-state index < -0.39 is 0 Å². The standard InChI is InChI=1S/C23H14N2S3/c1-2-7-17-16(6-1)24-22(18-8-3-11-25(17)18)15-14-21(19-9-4-12-26-19)28-23(15)20-10-5-13-27-20/h1-14H. The van der Waals surface area contributed by atoms with E-state index in [-0.39, 0.29) is 0 Å². The molecule has 0 saturated carbocycles. The second-order valence-electron chi connectivity index (χ2n) is 6.52. The molecule has 0 N–H and O–H groups in total. The number of hydrogen-bond donors (Lipinski definition) is 0. The average molecular weight is 415 g/mol. The summed E-state index contributed by atoms with van der Waals surface area (Å²) in [6, 6.07) is 23.6. The van der Waals surface area contributed by atoms with Crippen LogP contribution in [-0.2, 0) is 0 Å². The molecule has 0 aliphatic rings. The lowest BCUT2D eigenvalue weighted by Crippen LogP contribution is -1.94. The Hall–Kier alpha value is -2.73. The van der Waals surface area contributed by atoms with Crippen molar-refractivity contribution in [1.82, 2.24) is 9.38 Å². The second-order valence-corrected chi connectivity index (χ2v) is 9.47. The topological polar surface area (TPSA) is 17.3 Å².